The molecule has 8 heteroatoms. The fraction of sp³-hybridized carbons (Fsp3) is 0.579. The van der Waals surface area contributed by atoms with Gasteiger partial charge in [0.1, 0.15) is 24.2 Å². The van der Waals surface area contributed by atoms with E-state index in [0.717, 1.165) is 4.47 Å². The van der Waals surface area contributed by atoms with Gasteiger partial charge < -0.3 is 14.8 Å². The van der Waals surface area contributed by atoms with E-state index in [1.807, 2.05) is 0 Å². The second-order valence-corrected chi connectivity index (χ2v) is 9.03. The molecule has 1 aromatic carbocycles. The molecular formula is C19H24BrFN2O4. The Hall–Kier alpha value is -1.67. The van der Waals surface area contributed by atoms with Crippen LogP contribution in [0, 0.1) is 11.7 Å². The van der Waals surface area contributed by atoms with Gasteiger partial charge in [0.05, 0.1) is 0 Å². The third-order valence-corrected chi connectivity index (χ3v) is 5.55. The topological polar surface area (TPSA) is 67.9 Å². The minimum atomic E-state index is -0.714. The van der Waals surface area contributed by atoms with Crippen LogP contribution in [0.4, 0.5) is 9.18 Å². The first-order valence-corrected chi connectivity index (χ1v) is 9.60. The molecule has 3 unspecified atom stereocenters. The molecule has 0 spiro atoms. The second-order valence-electron chi connectivity index (χ2n) is 8.12. The van der Waals surface area contributed by atoms with Gasteiger partial charge in [-0.2, -0.15) is 0 Å². The molecule has 1 saturated carbocycles. The molecule has 1 heterocycles. The molecular weight excluding hydrogens is 419 g/mol. The van der Waals surface area contributed by atoms with Crippen molar-refractivity contribution in [1.82, 2.24) is 10.2 Å². The molecule has 27 heavy (non-hydrogen) atoms. The summed E-state index contributed by atoms with van der Waals surface area (Å²) in [6.07, 6.45) is 0.0760. The van der Waals surface area contributed by atoms with Crippen LogP contribution in [-0.2, 0) is 19.7 Å². The van der Waals surface area contributed by atoms with Gasteiger partial charge in [-0.1, -0.05) is 15.9 Å². The first-order valence-electron chi connectivity index (χ1n) is 8.81. The van der Waals surface area contributed by atoms with Gasteiger partial charge in [-0.25, -0.2) is 9.18 Å². The second kappa shape index (κ2) is 7.05. The normalized spacial score (nSPS) is 26.5. The lowest BCUT2D eigenvalue weighted by atomic mass is 9.93. The average molecular weight is 443 g/mol. The number of hydrogen-bond acceptors (Lipinski definition) is 4. The fourth-order valence-electron chi connectivity index (χ4n) is 3.89. The van der Waals surface area contributed by atoms with E-state index in [1.165, 1.54) is 18.1 Å². The average Bonchev–Trinajstić information content (AvgIpc) is 3.18. The van der Waals surface area contributed by atoms with Crippen molar-refractivity contribution in [3.8, 4) is 0 Å². The van der Waals surface area contributed by atoms with Crippen molar-refractivity contribution in [3.05, 3.63) is 34.1 Å². The summed E-state index contributed by atoms with van der Waals surface area (Å²) in [5.74, 6) is -0.809. The molecule has 1 aromatic rings. The Bertz CT molecular complexity index is 767. The summed E-state index contributed by atoms with van der Waals surface area (Å²) in [4.78, 5) is 26.9. The van der Waals surface area contributed by atoms with Crippen LogP contribution in [0.2, 0.25) is 0 Å². The Morgan fingerprint density at radius 2 is 2.11 bits per heavy atom. The molecule has 1 saturated heterocycles. The molecule has 0 radical (unpaired) electrons. The van der Waals surface area contributed by atoms with Crippen LogP contribution in [0.15, 0.2) is 22.7 Å². The maximum Gasteiger partial charge on any atom is 0.411 e. The van der Waals surface area contributed by atoms with Gasteiger partial charge in [-0.3, -0.25) is 9.69 Å². The standard InChI is InChI=1S/C19H24BrFN2O4/c1-18(2,3)27-17(25)23-9-19(12-7-11(20)5-6-14(12)21)8-13(19)15(23)16(24)22-10-26-4/h5-7,13,15H,8-10H2,1-4H3,(H,22,24). The zero-order chi connectivity index (χ0) is 20.0. The maximum atomic E-state index is 14.5. The summed E-state index contributed by atoms with van der Waals surface area (Å²) in [7, 11) is 1.47. The minimum absolute atomic E-state index is 0.0441. The molecule has 3 atom stereocenters. The van der Waals surface area contributed by atoms with Crippen LogP contribution in [0.3, 0.4) is 0 Å². The number of nitrogens with zero attached hydrogens (tertiary/aromatic N) is 1. The summed E-state index contributed by atoms with van der Waals surface area (Å²) in [5, 5.41) is 2.66. The molecule has 2 amide bonds. The van der Waals surface area contributed by atoms with Crippen molar-refractivity contribution < 1.29 is 23.5 Å². The molecule has 2 aliphatic rings. The number of nitrogens with one attached hydrogen (secondary N) is 1. The Kier molecular flexibility index (Phi) is 5.24. The number of benzene rings is 1. The van der Waals surface area contributed by atoms with E-state index in [0.29, 0.717) is 12.0 Å². The van der Waals surface area contributed by atoms with Gasteiger partial charge in [0.25, 0.3) is 0 Å². The van der Waals surface area contributed by atoms with E-state index < -0.39 is 23.2 Å². The van der Waals surface area contributed by atoms with Crippen LogP contribution in [-0.4, -0.2) is 48.9 Å². The number of piperidine rings is 1. The van der Waals surface area contributed by atoms with E-state index in [9.17, 15) is 14.0 Å². The van der Waals surface area contributed by atoms with E-state index in [2.05, 4.69) is 21.2 Å². The van der Waals surface area contributed by atoms with Gasteiger partial charge in [-0.15, -0.1) is 0 Å². The van der Waals surface area contributed by atoms with Gasteiger partial charge in [0.2, 0.25) is 5.91 Å². The van der Waals surface area contributed by atoms with Gasteiger partial charge in [-0.05, 0) is 51.0 Å². The largest absolute Gasteiger partial charge is 0.444 e. The number of fused-ring (bicyclic) bond motifs is 1. The van der Waals surface area contributed by atoms with Crippen molar-refractivity contribution in [2.45, 2.75) is 44.2 Å². The van der Waals surface area contributed by atoms with Crippen LogP contribution >= 0.6 is 15.9 Å². The van der Waals surface area contributed by atoms with E-state index >= 15 is 0 Å². The number of rotatable bonds is 4. The molecule has 3 rings (SSSR count). The number of hydrogen-bond donors (Lipinski definition) is 1. The van der Waals surface area contributed by atoms with Crippen LogP contribution in [0.5, 0.6) is 0 Å². The predicted octanol–water partition coefficient (Wildman–Crippen LogP) is 3.19. The Labute approximate surface area is 166 Å². The van der Waals surface area contributed by atoms with Crippen molar-refractivity contribution in [1.29, 1.82) is 0 Å². The fourth-order valence-corrected chi connectivity index (χ4v) is 4.25. The van der Waals surface area contributed by atoms with Gasteiger partial charge in [0, 0.05) is 29.5 Å². The number of amides is 2. The van der Waals surface area contributed by atoms with Crippen molar-refractivity contribution in [2.75, 3.05) is 20.4 Å². The summed E-state index contributed by atoms with van der Waals surface area (Å²) in [6.45, 7) is 5.59. The highest BCUT2D eigenvalue weighted by Crippen LogP contribution is 2.62. The third kappa shape index (κ3) is 3.82. The molecule has 2 fully saturated rings. The number of carbonyl (C=O) groups excluding carboxylic acids is 2. The smallest absolute Gasteiger partial charge is 0.411 e. The Balaban J connectivity index is 1.92. The number of halogens is 2. The number of methoxy groups -OCH3 is 1. The lowest BCUT2D eigenvalue weighted by Gasteiger charge is -2.30. The van der Waals surface area contributed by atoms with Crippen molar-refractivity contribution in [3.63, 3.8) is 0 Å². The van der Waals surface area contributed by atoms with Crippen molar-refractivity contribution >= 4 is 27.9 Å². The molecule has 148 valence electrons. The Morgan fingerprint density at radius 3 is 2.74 bits per heavy atom. The molecule has 0 aromatic heterocycles. The summed E-state index contributed by atoms with van der Waals surface area (Å²) >= 11 is 3.38. The zero-order valence-corrected chi connectivity index (χ0v) is 17.4. The molecule has 0 bridgehead atoms. The minimum Gasteiger partial charge on any atom is -0.444 e. The first kappa shape index (κ1) is 20.1. The van der Waals surface area contributed by atoms with Crippen molar-refractivity contribution in [2.24, 2.45) is 5.92 Å². The molecule has 1 N–H and O–H groups in total. The highest BCUT2D eigenvalue weighted by atomic mass is 79.9. The van der Waals surface area contributed by atoms with E-state index in [-0.39, 0.29) is 30.9 Å². The first-order chi connectivity index (χ1) is 12.6. The van der Waals surface area contributed by atoms with Crippen LogP contribution in [0.25, 0.3) is 0 Å². The monoisotopic (exact) mass is 442 g/mol. The highest BCUT2D eigenvalue weighted by molar-refractivity contribution is 9.10. The predicted molar refractivity (Wildman–Crippen MR) is 101 cm³/mol. The third-order valence-electron chi connectivity index (χ3n) is 5.06. The lowest BCUT2D eigenvalue weighted by Crippen LogP contribution is -2.50. The summed E-state index contributed by atoms with van der Waals surface area (Å²) < 4.78 is 25.7. The lowest BCUT2D eigenvalue weighted by molar-refractivity contribution is -0.127. The van der Waals surface area contributed by atoms with E-state index in [1.54, 1.807) is 32.9 Å². The highest BCUT2D eigenvalue weighted by Gasteiger charge is 2.69. The summed E-state index contributed by atoms with van der Waals surface area (Å²) in [6, 6.07) is 4.06. The summed E-state index contributed by atoms with van der Waals surface area (Å²) in [5.41, 5.74) is -0.733. The number of ether oxygens (including phenoxy) is 2. The quantitative estimate of drug-likeness (QED) is 0.726. The number of carbonyl (C=O) groups is 2. The van der Waals surface area contributed by atoms with Gasteiger partial charge >= 0.3 is 6.09 Å². The van der Waals surface area contributed by atoms with E-state index in [4.69, 9.17) is 9.47 Å². The molecule has 1 aliphatic heterocycles. The maximum absolute atomic E-state index is 14.5. The Morgan fingerprint density at radius 1 is 1.41 bits per heavy atom. The SMILES string of the molecule is COCNC(=O)C1C2CC2(c2cc(Br)ccc2F)CN1C(=O)OC(C)(C)C. The number of likely N-dealkylation sites (tertiary alicyclic amines) is 1. The van der Waals surface area contributed by atoms with Crippen LogP contribution in [0.1, 0.15) is 32.8 Å². The van der Waals surface area contributed by atoms with Gasteiger partial charge in [0.15, 0.2) is 0 Å². The zero-order valence-electron chi connectivity index (χ0n) is 15.8. The molecule has 6 nitrogen and oxygen atoms in total. The molecule has 1 aliphatic carbocycles. The van der Waals surface area contributed by atoms with Crippen LogP contribution < -0.4 is 5.32 Å².